The van der Waals surface area contributed by atoms with Crippen molar-refractivity contribution in [1.82, 2.24) is 19.7 Å². The zero-order chi connectivity index (χ0) is 19.8. The van der Waals surface area contributed by atoms with Gasteiger partial charge in [-0.1, -0.05) is 6.07 Å². The van der Waals surface area contributed by atoms with Crippen LogP contribution in [0.3, 0.4) is 0 Å². The number of rotatable bonds is 4. The second-order valence-electron chi connectivity index (χ2n) is 6.32. The third-order valence-corrected chi connectivity index (χ3v) is 5.17. The number of aryl methyl sites for hydroxylation is 2. The van der Waals surface area contributed by atoms with E-state index in [9.17, 15) is 13.6 Å². The number of fused-ring (bicyclic) bond motifs is 1. The van der Waals surface area contributed by atoms with Gasteiger partial charge >= 0.3 is 0 Å². The molecule has 1 amide bonds. The molecular formula is C19H15F2N5OS. The van der Waals surface area contributed by atoms with Crippen LogP contribution in [0.4, 0.5) is 13.9 Å². The number of carbonyl (C=O) groups excluding carboxylic acids is 1. The molecule has 1 N–H and O–H groups in total. The van der Waals surface area contributed by atoms with Gasteiger partial charge in [-0.3, -0.25) is 14.8 Å². The van der Waals surface area contributed by atoms with E-state index in [4.69, 9.17) is 0 Å². The minimum absolute atomic E-state index is 0.327. The first-order valence-electron chi connectivity index (χ1n) is 8.40. The molecule has 0 spiro atoms. The van der Waals surface area contributed by atoms with Crippen LogP contribution in [0.15, 0.2) is 36.7 Å². The first-order chi connectivity index (χ1) is 13.4. The average Bonchev–Trinajstić information content (AvgIpc) is 3.22. The number of pyridine rings is 1. The number of thiazole rings is 1. The second-order valence-corrected chi connectivity index (χ2v) is 7.43. The van der Waals surface area contributed by atoms with Crippen LogP contribution in [0, 0.1) is 18.6 Å². The summed E-state index contributed by atoms with van der Waals surface area (Å²) in [6, 6.07) is 5.52. The second kappa shape index (κ2) is 7.08. The highest BCUT2D eigenvalue weighted by Gasteiger charge is 2.14. The number of aromatic nitrogens is 4. The summed E-state index contributed by atoms with van der Waals surface area (Å²) in [6.45, 7) is 1.86. The zero-order valence-corrected chi connectivity index (χ0v) is 15.8. The van der Waals surface area contributed by atoms with Crippen molar-refractivity contribution in [2.45, 2.75) is 13.3 Å². The van der Waals surface area contributed by atoms with E-state index in [0.717, 1.165) is 28.1 Å². The van der Waals surface area contributed by atoms with E-state index in [1.165, 1.54) is 23.6 Å². The Morgan fingerprint density at radius 3 is 2.79 bits per heavy atom. The Bertz CT molecular complexity index is 1200. The van der Waals surface area contributed by atoms with Crippen LogP contribution in [-0.2, 0) is 13.5 Å². The van der Waals surface area contributed by atoms with Gasteiger partial charge in [0.2, 0.25) is 0 Å². The number of nitrogens with zero attached hydrogens (tertiary/aromatic N) is 4. The van der Waals surface area contributed by atoms with E-state index in [-0.39, 0.29) is 5.91 Å². The van der Waals surface area contributed by atoms with Crippen LogP contribution < -0.4 is 5.32 Å². The summed E-state index contributed by atoms with van der Waals surface area (Å²) in [5.74, 6) is -2.09. The van der Waals surface area contributed by atoms with Gasteiger partial charge < -0.3 is 0 Å². The molecule has 3 aromatic heterocycles. The number of carbonyl (C=O) groups is 1. The predicted molar refractivity (Wildman–Crippen MR) is 102 cm³/mol. The highest BCUT2D eigenvalue weighted by molar-refractivity contribution is 7.15. The van der Waals surface area contributed by atoms with E-state index in [2.05, 4.69) is 20.4 Å². The molecule has 0 unspecified atom stereocenters. The van der Waals surface area contributed by atoms with Gasteiger partial charge in [0.25, 0.3) is 5.91 Å². The first kappa shape index (κ1) is 18.2. The van der Waals surface area contributed by atoms with Crippen LogP contribution in [0.2, 0.25) is 0 Å². The summed E-state index contributed by atoms with van der Waals surface area (Å²) in [4.78, 5) is 21.8. The zero-order valence-electron chi connectivity index (χ0n) is 15.0. The maximum absolute atomic E-state index is 13.3. The summed E-state index contributed by atoms with van der Waals surface area (Å²) < 4.78 is 28.0. The molecule has 0 bridgehead atoms. The lowest BCUT2D eigenvalue weighted by molar-refractivity contribution is 0.102. The van der Waals surface area contributed by atoms with Gasteiger partial charge in [0.1, 0.15) is 0 Å². The Hall–Kier alpha value is -3.20. The highest BCUT2D eigenvalue weighted by atomic mass is 32.1. The molecule has 0 aliphatic rings. The number of nitrogens with one attached hydrogen (secondary N) is 1. The molecule has 0 radical (unpaired) electrons. The molecular weight excluding hydrogens is 384 g/mol. The summed E-state index contributed by atoms with van der Waals surface area (Å²) >= 11 is 1.28. The SMILES string of the molecule is Cc1nn(C)c2ncc(C(=O)Nc3ncc(Cc4ccc(F)c(F)c4)s3)cc12. The largest absolute Gasteiger partial charge is 0.298 e. The minimum atomic E-state index is -0.885. The standard InChI is InChI=1S/C19H15F2N5OS/c1-10-14-7-12(8-22-17(14)26(2)25-10)18(27)24-19-23-9-13(28-19)5-11-3-4-15(20)16(21)6-11/h3-4,6-9H,5H2,1-2H3,(H,23,24,27). The summed E-state index contributed by atoms with van der Waals surface area (Å²) in [5, 5.41) is 8.27. The van der Waals surface area contributed by atoms with Gasteiger partial charge in [-0.05, 0) is 30.7 Å². The minimum Gasteiger partial charge on any atom is -0.298 e. The molecule has 9 heteroatoms. The average molecular weight is 399 g/mol. The van der Waals surface area contributed by atoms with Crippen LogP contribution >= 0.6 is 11.3 Å². The third-order valence-electron chi connectivity index (χ3n) is 4.26. The van der Waals surface area contributed by atoms with E-state index in [0.29, 0.717) is 28.3 Å². The number of halogens is 2. The van der Waals surface area contributed by atoms with E-state index in [1.54, 1.807) is 24.0 Å². The Kier molecular flexibility index (Phi) is 4.60. The van der Waals surface area contributed by atoms with Gasteiger partial charge in [-0.15, -0.1) is 11.3 Å². The van der Waals surface area contributed by atoms with Crippen molar-refractivity contribution in [3.05, 3.63) is 70.0 Å². The van der Waals surface area contributed by atoms with Gasteiger partial charge in [0.05, 0.1) is 11.3 Å². The van der Waals surface area contributed by atoms with Crippen LogP contribution in [0.25, 0.3) is 11.0 Å². The van der Waals surface area contributed by atoms with Crippen LogP contribution in [0.1, 0.15) is 26.5 Å². The Labute approximate surface area is 162 Å². The number of amides is 1. The van der Waals surface area contributed by atoms with Crippen molar-refractivity contribution < 1.29 is 13.6 Å². The molecule has 0 saturated carbocycles. The van der Waals surface area contributed by atoms with Crippen molar-refractivity contribution in [3.63, 3.8) is 0 Å². The fourth-order valence-corrected chi connectivity index (χ4v) is 3.74. The molecule has 4 rings (SSSR count). The highest BCUT2D eigenvalue weighted by Crippen LogP contribution is 2.23. The third kappa shape index (κ3) is 3.48. The van der Waals surface area contributed by atoms with E-state index in [1.807, 2.05) is 6.92 Å². The lowest BCUT2D eigenvalue weighted by Crippen LogP contribution is -2.12. The molecule has 28 heavy (non-hydrogen) atoms. The molecule has 0 aliphatic heterocycles. The van der Waals surface area contributed by atoms with Crippen LogP contribution in [-0.4, -0.2) is 25.7 Å². The van der Waals surface area contributed by atoms with E-state index >= 15 is 0 Å². The molecule has 0 aliphatic carbocycles. The Morgan fingerprint density at radius 1 is 1.18 bits per heavy atom. The quantitative estimate of drug-likeness (QED) is 0.566. The lowest BCUT2D eigenvalue weighted by atomic mass is 10.1. The molecule has 0 fully saturated rings. The first-order valence-corrected chi connectivity index (χ1v) is 9.21. The van der Waals surface area contributed by atoms with Crippen LogP contribution in [0.5, 0.6) is 0 Å². The van der Waals surface area contributed by atoms with Crippen molar-refractivity contribution in [3.8, 4) is 0 Å². The summed E-state index contributed by atoms with van der Waals surface area (Å²) in [6.07, 6.45) is 3.50. The molecule has 1 aromatic carbocycles. The molecule has 0 atom stereocenters. The maximum atomic E-state index is 13.3. The van der Waals surface area contributed by atoms with Crippen molar-refractivity contribution in [2.75, 3.05) is 5.32 Å². The number of hydrogen-bond acceptors (Lipinski definition) is 5. The molecule has 0 saturated heterocycles. The van der Waals surface area contributed by atoms with Crippen molar-refractivity contribution in [2.24, 2.45) is 7.05 Å². The Balaban J connectivity index is 1.49. The lowest BCUT2D eigenvalue weighted by Gasteiger charge is -2.02. The van der Waals surface area contributed by atoms with Gasteiger partial charge in [-0.2, -0.15) is 5.10 Å². The summed E-state index contributed by atoms with van der Waals surface area (Å²) in [5.41, 5.74) is 2.53. The maximum Gasteiger partial charge on any atom is 0.259 e. The van der Waals surface area contributed by atoms with E-state index < -0.39 is 11.6 Å². The smallest absolute Gasteiger partial charge is 0.259 e. The number of benzene rings is 1. The Morgan fingerprint density at radius 2 is 2.00 bits per heavy atom. The molecule has 142 valence electrons. The molecule has 3 heterocycles. The normalized spacial score (nSPS) is 11.1. The predicted octanol–water partition coefficient (Wildman–Crippen LogP) is 3.85. The summed E-state index contributed by atoms with van der Waals surface area (Å²) in [7, 11) is 1.80. The molecule has 6 nitrogen and oxygen atoms in total. The number of hydrogen-bond donors (Lipinski definition) is 1. The monoisotopic (exact) mass is 399 g/mol. The fraction of sp³-hybridized carbons (Fsp3) is 0.158. The van der Waals surface area contributed by atoms with Gasteiger partial charge in [0.15, 0.2) is 22.4 Å². The van der Waals surface area contributed by atoms with Crippen molar-refractivity contribution >= 4 is 33.4 Å². The number of anilines is 1. The fourth-order valence-electron chi connectivity index (χ4n) is 2.90. The topological polar surface area (TPSA) is 72.7 Å². The van der Waals surface area contributed by atoms with Gasteiger partial charge in [0, 0.05) is 36.1 Å². The van der Waals surface area contributed by atoms with Gasteiger partial charge in [-0.25, -0.2) is 18.7 Å². The van der Waals surface area contributed by atoms with Crippen molar-refractivity contribution in [1.29, 1.82) is 0 Å². The molecule has 4 aromatic rings.